The lowest BCUT2D eigenvalue weighted by atomic mass is 10.5. The molecular weight excluding hydrogens is 244 g/mol. The Bertz CT molecular complexity index is 234. The van der Waals surface area contributed by atoms with Gasteiger partial charge < -0.3 is 24.4 Å². The molecule has 0 spiro atoms. The third kappa shape index (κ3) is 20.0. The van der Waals surface area contributed by atoms with Gasteiger partial charge in [-0.1, -0.05) is 0 Å². The molecule has 0 saturated carbocycles. The van der Waals surface area contributed by atoms with Crippen molar-refractivity contribution >= 4 is 11.9 Å². The summed E-state index contributed by atoms with van der Waals surface area (Å²) in [6, 6.07) is 0. The predicted molar refractivity (Wildman–Crippen MR) is 63.2 cm³/mol. The minimum atomic E-state index is -1.18. The molecule has 0 heterocycles. The van der Waals surface area contributed by atoms with Crippen LogP contribution in [-0.4, -0.2) is 62.3 Å². The number of carbonyl (C=O) groups is 2. The highest BCUT2D eigenvalue weighted by molar-refractivity contribution is 5.90. The fourth-order valence-corrected chi connectivity index (χ4v) is 0.622. The molecule has 0 rings (SSSR count). The van der Waals surface area contributed by atoms with Gasteiger partial charge in [-0.05, 0) is 6.92 Å². The number of aliphatic carboxylic acids is 1. The summed E-state index contributed by atoms with van der Waals surface area (Å²) in [5.74, 6) is -1.87. The standard InChI is InChI=1S/C7H10O5.C4H10O2/c1-11-4-5-12-7(10)3-2-6(8)9;1-2-6-4-3-5/h2-3H,4-5H2,1H3,(H,8,9);5H,2-4H2,1H3/b3-2-;. The Morgan fingerprint density at radius 3 is 2.22 bits per heavy atom. The maximum Gasteiger partial charge on any atom is 0.331 e. The van der Waals surface area contributed by atoms with Crippen LogP contribution in [0.2, 0.25) is 0 Å². The van der Waals surface area contributed by atoms with Gasteiger partial charge in [0.1, 0.15) is 6.61 Å². The third-order valence-electron chi connectivity index (χ3n) is 1.33. The van der Waals surface area contributed by atoms with Gasteiger partial charge in [-0.3, -0.25) is 0 Å². The second kappa shape index (κ2) is 15.6. The summed E-state index contributed by atoms with van der Waals surface area (Å²) in [6.45, 7) is 3.62. The number of ether oxygens (including phenoxy) is 3. The molecule has 0 aliphatic rings. The van der Waals surface area contributed by atoms with E-state index in [0.29, 0.717) is 19.8 Å². The first-order chi connectivity index (χ1) is 8.58. The molecule has 0 saturated heterocycles. The molecule has 0 aliphatic carbocycles. The van der Waals surface area contributed by atoms with Crippen molar-refractivity contribution in [2.24, 2.45) is 0 Å². The Kier molecular flexibility index (Phi) is 16.3. The molecular formula is C11H20O7. The van der Waals surface area contributed by atoms with Crippen molar-refractivity contribution in [2.45, 2.75) is 6.92 Å². The largest absolute Gasteiger partial charge is 0.478 e. The summed E-state index contributed by atoms with van der Waals surface area (Å²) in [5.41, 5.74) is 0. The van der Waals surface area contributed by atoms with Crippen LogP contribution in [0.1, 0.15) is 6.92 Å². The zero-order valence-electron chi connectivity index (χ0n) is 10.6. The average molecular weight is 264 g/mol. The van der Waals surface area contributed by atoms with Crippen molar-refractivity contribution in [3.63, 3.8) is 0 Å². The van der Waals surface area contributed by atoms with Gasteiger partial charge in [0.05, 0.1) is 19.8 Å². The second-order valence-corrected chi connectivity index (χ2v) is 2.75. The molecule has 0 fully saturated rings. The van der Waals surface area contributed by atoms with E-state index in [2.05, 4.69) is 9.47 Å². The molecule has 0 aromatic carbocycles. The predicted octanol–water partition coefficient (Wildman–Crippen LogP) is -0.168. The first kappa shape index (κ1) is 18.9. The number of esters is 1. The Morgan fingerprint density at radius 1 is 1.17 bits per heavy atom. The third-order valence-corrected chi connectivity index (χ3v) is 1.33. The number of carboxylic acid groups (broad SMARTS) is 1. The molecule has 0 aromatic rings. The van der Waals surface area contributed by atoms with Crippen LogP contribution in [0.4, 0.5) is 0 Å². The Balaban J connectivity index is 0. The smallest absolute Gasteiger partial charge is 0.331 e. The summed E-state index contributed by atoms with van der Waals surface area (Å²) in [5, 5.41) is 16.2. The van der Waals surface area contributed by atoms with Crippen molar-refractivity contribution in [2.75, 3.05) is 40.1 Å². The fourth-order valence-electron chi connectivity index (χ4n) is 0.622. The maximum atomic E-state index is 10.6. The van der Waals surface area contributed by atoms with Crippen LogP contribution >= 0.6 is 0 Å². The normalized spacial score (nSPS) is 9.72. The number of carbonyl (C=O) groups excluding carboxylic acids is 1. The van der Waals surface area contributed by atoms with Crippen LogP contribution in [-0.2, 0) is 23.8 Å². The van der Waals surface area contributed by atoms with E-state index in [-0.39, 0.29) is 13.2 Å². The highest BCUT2D eigenvalue weighted by Crippen LogP contribution is 1.82. The Hall–Kier alpha value is -1.44. The van der Waals surface area contributed by atoms with E-state index in [0.717, 1.165) is 12.2 Å². The van der Waals surface area contributed by atoms with Crippen LogP contribution in [0.15, 0.2) is 12.2 Å². The SMILES string of the molecule is CCOCCO.COCCOC(=O)/C=C\C(=O)O. The fraction of sp³-hybridized carbons (Fsp3) is 0.636. The number of rotatable bonds is 8. The van der Waals surface area contributed by atoms with Gasteiger partial charge in [-0.15, -0.1) is 0 Å². The van der Waals surface area contributed by atoms with Crippen molar-refractivity contribution in [3.8, 4) is 0 Å². The van der Waals surface area contributed by atoms with Gasteiger partial charge in [0.15, 0.2) is 0 Å². The molecule has 18 heavy (non-hydrogen) atoms. The number of methoxy groups -OCH3 is 1. The highest BCUT2D eigenvalue weighted by Gasteiger charge is 1.96. The van der Waals surface area contributed by atoms with Gasteiger partial charge in [0.25, 0.3) is 0 Å². The van der Waals surface area contributed by atoms with E-state index in [4.69, 9.17) is 14.9 Å². The summed E-state index contributed by atoms with van der Waals surface area (Å²) in [4.78, 5) is 20.5. The summed E-state index contributed by atoms with van der Waals surface area (Å²) in [6.07, 6.45) is 1.56. The lowest BCUT2D eigenvalue weighted by Gasteiger charge is -1.98. The molecule has 7 heteroatoms. The quantitative estimate of drug-likeness (QED) is 0.356. The molecule has 0 bridgehead atoms. The van der Waals surface area contributed by atoms with Crippen LogP contribution in [0.5, 0.6) is 0 Å². The van der Waals surface area contributed by atoms with E-state index in [1.165, 1.54) is 7.11 Å². The van der Waals surface area contributed by atoms with Gasteiger partial charge in [0, 0.05) is 25.9 Å². The van der Waals surface area contributed by atoms with Crippen molar-refractivity contribution in [1.29, 1.82) is 0 Å². The molecule has 0 atom stereocenters. The topological polar surface area (TPSA) is 102 Å². The first-order valence-electron chi connectivity index (χ1n) is 5.33. The van der Waals surface area contributed by atoms with Gasteiger partial charge in [-0.25, -0.2) is 9.59 Å². The Morgan fingerprint density at radius 2 is 1.83 bits per heavy atom. The molecule has 106 valence electrons. The summed E-state index contributed by atoms with van der Waals surface area (Å²) in [7, 11) is 1.47. The van der Waals surface area contributed by atoms with Gasteiger partial charge in [-0.2, -0.15) is 0 Å². The molecule has 0 amide bonds. The van der Waals surface area contributed by atoms with Crippen molar-refractivity contribution in [3.05, 3.63) is 12.2 Å². The lowest BCUT2D eigenvalue weighted by Crippen LogP contribution is -2.07. The molecule has 0 aliphatic heterocycles. The second-order valence-electron chi connectivity index (χ2n) is 2.75. The van der Waals surface area contributed by atoms with Crippen molar-refractivity contribution in [1.82, 2.24) is 0 Å². The number of aliphatic hydroxyl groups is 1. The lowest BCUT2D eigenvalue weighted by molar-refractivity contribution is -0.139. The number of aliphatic hydroxyl groups excluding tert-OH is 1. The zero-order chi connectivity index (χ0) is 14.2. The molecule has 7 nitrogen and oxygen atoms in total. The van der Waals surface area contributed by atoms with Gasteiger partial charge in [0.2, 0.25) is 0 Å². The molecule has 0 radical (unpaired) electrons. The monoisotopic (exact) mass is 264 g/mol. The van der Waals surface area contributed by atoms with E-state index in [1.54, 1.807) is 0 Å². The highest BCUT2D eigenvalue weighted by atomic mass is 16.6. The molecule has 0 unspecified atom stereocenters. The van der Waals surface area contributed by atoms with E-state index in [9.17, 15) is 9.59 Å². The van der Waals surface area contributed by atoms with Crippen LogP contribution in [0.25, 0.3) is 0 Å². The maximum absolute atomic E-state index is 10.6. The minimum Gasteiger partial charge on any atom is -0.478 e. The number of hydrogen-bond acceptors (Lipinski definition) is 6. The van der Waals surface area contributed by atoms with Gasteiger partial charge >= 0.3 is 11.9 Å². The Labute approximate surface area is 106 Å². The summed E-state index contributed by atoms with van der Waals surface area (Å²) < 4.78 is 13.9. The molecule has 0 aromatic heterocycles. The van der Waals surface area contributed by atoms with E-state index in [1.807, 2.05) is 6.92 Å². The summed E-state index contributed by atoms with van der Waals surface area (Å²) >= 11 is 0. The van der Waals surface area contributed by atoms with Crippen LogP contribution in [0, 0.1) is 0 Å². The van der Waals surface area contributed by atoms with E-state index >= 15 is 0 Å². The van der Waals surface area contributed by atoms with E-state index < -0.39 is 11.9 Å². The minimum absolute atomic E-state index is 0.124. The van der Waals surface area contributed by atoms with Crippen LogP contribution in [0.3, 0.4) is 0 Å². The molecule has 2 N–H and O–H groups in total. The number of hydrogen-bond donors (Lipinski definition) is 2. The van der Waals surface area contributed by atoms with Crippen LogP contribution < -0.4 is 0 Å². The first-order valence-corrected chi connectivity index (χ1v) is 5.33. The average Bonchev–Trinajstić information content (AvgIpc) is 2.35. The number of carboxylic acids is 1. The zero-order valence-corrected chi connectivity index (χ0v) is 10.6. The van der Waals surface area contributed by atoms with Crippen molar-refractivity contribution < 1.29 is 34.0 Å².